The van der Waals surface area contributed by atoms with Crippen molar-refractivity contribution < 1.29 is 22.8 Å². The fraction of sp³-hybridized carbons (Fsp3) is 0.458. The van der Waals surface area contributed by atoms with Crippen molar-refractivity contribution >= 4 is 17.5 Å². The Bertz CT molecular complexity index is 1030. The van der Waals surface area contributed by atoms with E-state index in [1.807, 2.05) is 11.1 Å². The molecule has 2 amide bonds. The molecule has 2 heterocycles. The van der Waals surface area contributed by atoms with Gasteiger partial charge in [-0.3, -0.25) is 14.6 Å². The Kier molecular flexibility index (Phi) is 7.06. The van der Waals surface area contributed by atoms with Crippen molar-refractivity contribution in [2.75, 3.05) is 25.4 Å². The average Bonchev–Trinajstić information content (AvgIpc) is 2.79. The molecule has 34 heavy (non-hydrogen) atoms. The number of carbonyl (C=O) groups is 2. The lowest BCUT2D eigenvalue weighted by molar-refractivity contribution is -0.138. The lowest BCUT2D eigenvalue weighted by Gasteiger charge is -2.45. The number of rotatable bonds is 6. The number of amides is 2. The molecule has 4 rings (SSSR count). The number of alkyl halides is 3. The number of nitrogen functional groups attached to an aromatic ring is 1. The number of pyridine rings is 1. The van der Waals surface area contributed by atoms with E-state index in [1.54, 1.807) is 12.3 Å². The van der Waals surface area contributed by atoms with Gasteiger partial charge in [-0.1, -0.05) is 6.07 Å². The van der Waals surface area contributed by atoms with Crippen LogP contribution in [0, 0.1) is 0 Å². The maximum atomic E-state index is 13.1. The van der Waals surface area contributed by atoms with Crippen LogP contribution in [-0.4, -0.2) is 53.4 Å². The fourth-order valence-electron chi connectivity index (χ4n) is 4.79. The van der Waals surface area contributed by atoms with Crippen molar-refractivity contribution in [1.82, 2.24) is 20.5 Å². The smallest absolute Gasteiger partial charge is 0.398 e. The molecule has 2 aliphatic rings. The van der Waals surface area contributed by atoms with Crippen LogP contribution in [0.4, 0.5) is 18.9 Å². The maximum absolute atomic E-state index is 13.1. The zero-order valence-electron chi connectivity index (χ0n) is 18.6. The van der Waals surface area contributed by atoms with Gasteiger partial charge in [-0.05, 0) is 61.4 Å². The number of anilines is 1. The molecular weight excluding hydrogens is 447 g/mol. The molecule has 1 saturated carbocycles. The topological polar surface area (TPSA) is 100 Å². The van der Waals surface area contributed by atoms with Crippen molar-refractivity contribution in [1.29, 1.82) is 0 Å². The maximum Gasteiger partial charge on any atom is 0.416 e. The predicted molar refractivity (Wildman–Crippen MR) is 121 cm³/mol. The Labute approximate surface area is 195 Å². The second-order valence-corrected chi connectivity index (χ2v) is 8.88. The molecule has 2 fully saturated rings. The summed E-state index contributed by atoms with van der Waals surface area (Å²) in [7, 11) is 0. The Morgan fingerprint density at radius 2 is 1.85 bits per heavy atom. The molecule has 0 unspecified atom stereocenters. The molecular formula is C24H28F3N5O2. The lowest BCUT2D eigenvalue weighted by atomic mass is 9.80. The zero-order chi connectivity index (χ0) is 24.3. The van der Waals surface area contributed by atoms with Gasteiger partial charge in [0, 0.05) is 42.8 Å². The van der Waals surface area contributed by atoms with Crippen molar-refractivity contribution in [3.63, 3.8) is 0 Å². The van der Waals surface area contributed by atoms with E-state index >= 15 is 0 Å². The monoisotopic (exact) mass is 475 g/mol. The third-order valence-electron chi connectivity index (χ3n) is 6.71. The van der Waals surface area contributed by atoms with Crippen LogP contribution in [-0.2, 0) is 11.0 Å². The highest BCUT2D eigenvalue weighted by Gasteiger charge is 2.37. The van der Waals surface area contributed by atoms with Gasteiger partial charge in [0.05, 0.1) is 18.2 Å². The lowest BCUT2D eigenvalue weighted by Crippen LogP contribution is -2.63. The van der Waals surface area contributed by atoms with E-state index in [2.05, 4.69) is 15.6 Å². The van der Waals surface area contributed by atoms with Crippen molar-refractivity contribution in [2.24, 2.45) is 0 Å². The highest BCUT2D eigenvalue weighted by Crippen LogP contribution is 2.37. The summed E-state index contributed by atoms with van der Waals surface area (Å²) in [5, 5.41) is 5.68. The average molecular weight is 476 g/mol. The number of hydrogen-bond acceptors (Lipinski definition) is 5. The second-order valence-electron chi connectivity index (χ2n) is 8.88. The number of aromatic nitrogens is 1. The first-order chi connectivity index (χ1) is 16.2. The summed E-state index contributed by atoms with van der Waals surface area (Å²) in [5.41, 5.74) is 6.84. The summed E-state index contributed by atoms with van der Waals surface area (Å²) >= 11 is 0. The van der Waals surface area contributed by atoms with Crippen LogP contribution in [0.2, 0.25) is 0 Å². The number of halogens is 3. The van der Waals surface area contributed by atoms with E-state index < -0.39 is 17.6 Å². The molecule has 10 heteroatoms. The summed E-state index contributed by atoms with van der Waals surface area (Å²) in [6.45, 7) is 1.10. The summed E-state index contributed by atoms with van der Waals surface area (Å²) in [4.78, 5) is 31.6. The normalized spacial score (nSPS) is 20.9. The van der Waals surface area contributed by atoms with Gasteiger partial charge >= 0.3 is 6.18 Å². The molecule has 1 aliphatic carbocycles. The molecule has 0 atom stereocenters. The fourth-order valence-corrected chi connectivity index (χ4v) is 4.79. The van der Waals surface area contributed by atoms with Crippen LogP contribution in [0.1, 0.15) is 53.1 Å². The molecule has 0 spiro atoms. The first kappa shape index (κ1) is 24.0. The molecule has 1 aromatic carbocycles. The largest absolute Gasteiger partial charge is 0.416 e. The SMILES string of the molecule is Nc1ccncc1C1CCC(N(C(=O)CNC(=O)c2cccc(C(F)(F)F)c2)C2CNC2)CC1. The third-order valence-corrected chi connectivity index (χ3v) is 6.71. The van der Waals surface area contributed by atoms with E-state index in [0.29, 0.717) is 19.0 Å². The third kappa shape index (κ3) is 5.32. The predicted octanol–water partition coefficient (Wildman–Crippen LogP) is 2.94. The van der Waals surface area contributed by atoms with E-state index in [1.165, 1.54) is 12.1 Å². The van der Waals surface area contributed by atoms with Crippen molar-refractivity contribution in [3.05, 3.63) is 59.4 Å². The van der Waals surface area contributed by atoms with Gasteiger partial charge in [0.25, 0.3) is 5.91 Å². The van der Waals surface area contributed by atoms with Gasteiger partial charge in [-0.2, -0.15) is 13.2 Å². The molecule has 2 aromatic rings. The molecule has 0 radical (unpaired) electrons. The Balaban J connectivity index is 1.37. The minimum absolute atomic E-state index is 0.0409. The van der Waals surface area contributed by atoms with Crippen LogP contribution in [0.5, 0.6) is 0 Å². The quantitative estimate of drug-likeness (QED) is 0.597. The molecule has 1 aliphatic heterocycles. The van der Waals surface area contributed by atoms with Crippen molar-refractivity contribution in [3.8, 4) is 0 Å². The minimum atomic E-state index is -4.54. The molecule has 1 aromatic heterocycles. The first-order valence-electron chi connectivity index (χ1n) is 11.4. The summed E-state index contributed by atoms with van der Waals surface area (Å²) in [6, 6.07) is 6.06. The number of hydrogen-bond donors (Lipinski definition) is 3. The summed E-state index contributed by atoms with van der Waals surface area (Å²) < 4.78 is 38.8. The molecule has 7 nitrogen and oxygen atoms in total. The van der Waals surface area contributed by atoms with Gasteiger partial charge in [-0.25, -0.2) is 0 Å². The van der Waals surface area contributed by atoms with E-state index in [4.69, 9.17) is 5.73 Å². The summed E-state index contributed by atoms with van der Waals surface area (Å²) in [6.07, 6.45) is 2.30. The Hall–Kier alpha value is -3.14. The Morgan fingerprint density at radius 3 is 2.47 bits per heavy atom. The van der Waals surface area contributed by atoms with Gasteiger partial charge < -0.3 is 21.3 Å². The first-order valence-corrected chi connectivity index (χ1v) is 11.4. The molecule has 4 N–H and O–H groups in total. The minimum Gasteiger partial charge on any atom is -0.398 e. The van der Waals surface area contributed by atoms with Gasteiger partial charge in [0.1, 0.15) is 0 Å². The Morgan fingerprint density at radius 1 is 1.12 bits per heavy atom. The highest BCUT2D eigenvalue weighted by molar-refractivity contribution is 5.96. The molecule has 0 bridgehead atoms. The van der Waals surface area contributed by atoms with E-state index in [9.17, 15) is 22.8 Å². The van der Waals surface area contributed by atoms with E-state index in [0.717, 1.165) is 49.1 Å². The van der Waals surface area contributed by atoms with Gasteiger partial charge in [-0.15, -0.1) is 0 Å². The number of benzene rings is 1. The van der Waals surface area contributed by atoms with Crippen molar-refractivity contribution in [2.45, 2.75) is 49.9 Å². The van der Waals surface area contributed by atoms with Crippen LogP contribution in [0.15, 0.2) is 42.7 Å². The summed E-state index contributed by atoms with van der Waals surface area (Å²) in [5.74, 6) is -0.639. The number of nitrogens with two attached hydrogens (primary N) is 1. The van der Waals surface area contributed by atoms with Gasteiger partial charge in [0.2, 0.25) is 5.91 Å². The second kappa shape index (κ2) is 10.0. The standard InChI is InChI=1S/C24H28F3N5O2/c25-24(26,27)17-3-1-2-16(10-17)23(34)31-14-22(33)32(19-11-30-12-19)18-6-4-15(5-7-18)20-13-29-9-8-21(20)28/h1-3,8-10,13,15,18-19,30H,4-7,11-12,14H2,(H2,28,29)(H,31,34). The number of carbonyl (C=O) groups excluding carboxylic acids is 2. The number of nitrogens with zero attached hydrogens (tertiary/aromatic N) is 2. The van der Waals surface area contributed by atoms with Crippen LogP contribution in [0.25, 0.3) is 0 Å². The highest BCUT2D eigenvalue weighted by atomic mass is 19.4. The molecule has 182 valence electrons. The van der Waals surface area contributed by atoms with E-state index in [-0.39, 0.29) is 30.1 Å². The van der Waals surface area contributed by atoms with Crippen LogP contribution in [0.3, 0.4) is 0 Å². The zero-order valence-corrected chi connectivity index (χ0v) is 18.6. The van der Waals surface area contributed by atoms with Gasteiger partial charge in [0.15, 0.2) is 0 Å². The van der Waals surface area contributed by atoms with Crippen LogP contribution >= 0.6 is 0 Å². The molecule has 1 saturated heterocycles. The number of nitrogens with one attached hydrogen (secondary N) is 2. The van der Waals surface area contributed by atoms with Crippen LogP contribution < -0.4 is 16.4 Å².